The molecule has 0 spiro atoms. The van der Waals surface area contributed by atoms with Gasteiger partial charge in [0.1, 0.15) is 17.9 Å². The molecule has 0 saturated carbocycles. The van der Waals surface area contributed by atoms with E-state index in [0.717, 1.165) is 11.6 Å². The molecule has 1 heterocycles. The molecule has 1 aromatic heterocycles. The number of carbonyl (C=O) groups excluding carboxylic acids is 1. The quantitative estimate of drug-likeness (QED) is 0.614. The number of hydrogen-bond acceptors (Lipinski definition) is 4. The Morgan fingerprint density at radius 3 is 2.59 bits per heavy atom. The average Bonchev–Trinajstić information content (AvgIpc) is 3.17. The number of halogens is 2. The molecule has 3 aromatic rings. The normalized spacial score (nSPS) is 11.2. The minimum Gasteiger partial charge on any atom is -0.447 e. The molecule has 1 amide bonds. The van der Waals surface area contributed by atoms with Gasteiger partial charge in [0.25, 0.3) is 5.91 Å². The van der Waals surface area contributed by atoms with Crippen molar-refractivity contribution < 1.29 is 18.0 Å². The third-order valence-electron chi connectivity index (χ3n) is 4.54. The number of nitrogens with one attached hydrogen (secondary N) is 1. The van der Waals surface area contributed by atoms with E-state index >= 15 is 0 Å². The minimum atomic E-state index is -0.610. The van der Waals surface area contributed by atoms with E-state index in [4.69, 9.17) is 4.42 Å². The number of aromatic nitrogens is 1. The fourth-order valence-electron chi connectivity index (χ4n) is 2.82. The Morgan fingerprint density at radius 1 is 1.14 bits per heavy atom. The van der Waals surface area contributed by atoms with Gasteiger partial charge in [-0.05, 0) is 25.5 Å². The van der Waals surface area contributed by atoms with Crippen molar-refractivity contribution in [2.75, 3.05) is 0 Å². The third-order valence-corrected chi connectivity index (χ3v) is 4.54. The van der Waals surface area contributed by atoms with E-state index in [-0.39, 0.29) is 24.2 Å². The fraction of sp³-hybridized carbons (Fsp3) is 0.273. The smallest absolute Gasteiger partial charge is 0.273 e. The summed E-state index contributed by atoms with van der Waals surface area (Å²) < 4.78 is 32.6. The molecular formula is C22H23F2N3O2. The van der Waals surface area contributed by atoms with Crippen molar-refractivity contribution in [1.82, 2.24) is 15.2 Å². The maximum atomic E-state index is 14.0. The molecule has 2 aromatic carbocycles. The first-order valence-electron chi connectivity index (χ1n) is 9.37. The van der Waals surface area contributed by atoms with Gasteiger partial charge in [-0.1, -0.05) is 36.4 Å². The molecule has 0 bridgehead atoms. The van der Waals surface area contributed by atoms with Crippen LogP contribution < -0.4 is 5.32 Å². The van der Waals surface area contributed by atoms with Gasteiger partial charge in [-0.15, -0.1) is 0 Å². The van der Waals surface area contributed by atoms with Crippen molar-refractivity contribution in [3.63, 3.8) is 0 Å². The van der Waals surface area contributed by atoms with Crippen molar-refractivity contribution in [2.45, 2.75) is 39.5 Å². The maximum absolute atomic E-state index is 14.0. The van der Waals surface area contributed by atoms with Gasteiger partial charge in [-0.2, -0.15) is 0 Å². The summed E-state index contributed by atoms with van der Waals surface area (Å²) in [5, 5.41) is 2.80. The molecule has 0 fully saturated rings. The van der Waals surface area contributed by atoms with Crippen LogP contribution in [0.15, 0.2) is 59.2 Å². The van der Waals surface area contributed by atoms with E-state index in [2.05, 4.69) is 10.3 Å². The zero-order valence-corrected chi connectivity index (χ0v) is 16.4. The summed E-state index contributed by atoms with van der Waals surface area (Å²) in [5.74, 6) is -1.18. The lowest BCUT2D eigenvalue weighted by molar-refractivity contribution is 0.0945. The summed E-state index contributed by atoms with van der Waals surface area (Å²) in [5.41, 5.74) is 1.55. The lowest BCUT2D eigenvalue weighted by atomic mass is 10.1. The van der Waals surface area contributed by atoms with Crippen molar-refractivity contribution in [3.8, 4) is 0 Å². The molecule has 1 N–H and O–H groups in total. The Hall–Kier alpha value is -3.06. The van der Waals surface area contributed by atoms with E-state index in [1.165, 1.54) is 18.4 Å². The Balaban J connectivity index is 1.62. The van der Waals surface area contributed by atoms with Crippen LogP contribution in [0.3, 0.4) is 0 Å². The molecule has 0 radical (unpaired) electrons. The molecule has 0 aliphatic rings. The van der Waals surface area contributed by atoms with Crippen LogP contribution in [0, 0.1) is 11.6 Å². The monoisotopic (exact) mass is 399 g/mol. The molecule has 0 aliphatic carbocycles. The van der Waals surface area contributed by atoms with E-state index < -0.39 is 11.6 Å². The standard InChI is InChI=1S/C22H23F2N3O2/c1-15(2)27(12-17-8-9-18(23)10-19(17)24)13-21-26-20(14-29-21)22(28)25-11-16-6-4-3-5-7-16/h3-10,14-15H,11-13H2,1-2H3,(H,25,28). The molecule has 29 heavy (non-hydrogen) atoms. The number of benzene rings is 2. The Labute approximate surface area is 168 Å². The van der Waals surface area contributed by atoms with Crippen LogP contribution in [0.25, 0.3) is 0 Å². The highest BCUT2D eigenvalue weighted by Crippen LogP contribution is 2.17. The molecular weight excluding hydrogens is 376 g/mol. The second kappa shape index (κ2) is 9.43. The zero-order chi connectivity index (χ0) is 20.8. The number of hydrogen-bond donors (Lipinski definition) is 1. The highest BCUT2D eigenvalue weighted by atomic mass is 19.1. The minimum absolute atomic E-state index is 0.0571. The van der Waals surface area contributed by atoms with E-state index in [0.29, 0.717) is 24.5 Å². The Kier molecular flexibility index (Phi) is 6.72. The third kappa shape index (κ3) is 5.71. The highest BCUT2D eigenvalue weighted by Gasteiger charge is 2.18. The van der Waals surface area contributed by atoms with Crippen molar-refractivity contribution >= 4 is 5.91 Å². The summed E-state index contributed by atoms with van der Waals surface area (Å²) in [6.45, 7) is 4.86. The molecule has 5 nitrogen and oxygen atoms in total. The van der Waals surface area contributed by atoms with Gasteiger partial charge in [0.05, 0.1) is 6.54 Å². The predicted molar refractivity (Wildman–Crippen MR) is 105 cm³/mol. The van der Waals surface area contributed by atoms with Crippen LogP contribution in [0.5, 0.6) is 0 Å². The summed E-state index contributed by atoms with van der Waals surface area (Å²) in [7, 11) is 0. The van der Waals surface area contributed by atoms with Crippen LogP contribution in [0.4, 0.5) is 8.78 Å². The largest absolute Gasteiger partial charge is 0.447 e. The first-order valence-corrected chi connectivity index (χ1v) is 9.37. The lowest BCUT2D eigenvalue weighted by Gasteiger charge is -2.25. The Bertz CT molecular complexity index is 958. The summed E-state index contributed by atoms with van der Waals surface area (Å²) >= 11 is 0. The Morgan fingerprint density at radius 2 is 1.90 bits per heavy atom. The number of amides is 1. The van der Waals surface area contributed by atoms with Gasteiger partial charge in [-0.3, -0.25) is 9.69 Å². The molecule has 0 atom stereocenters. The van der Waals surface area contributed by atoms with Crippen molar-refractivity contribution in [2.24, 2.45) is 0 Å². The number of nitrogens with zero attached hydrogens (tertiary/aromatic N) is 2. The number of carbonyl (C=O) groups is 1. The average molecular weight is 399 g/mol. The first kappa shape index (κ1) is 20.7. The summed E-state index contributed by atoms with van der Waals surface area (Å²) in [6.07, 6.45) is 1.31. The van der Waals surface area contributed by atoms with Gasteiger partial charge in [0.2, 0.25) is 5.89 Å². The van der Waals surface area contributed by atoms with E-state index in [1.807, 2.05) is 49.1 Å². The fourth-order valence-corrected chi connectivity index (χ4v) is 2.82. The van der Waals surface area contributed by atoms with Crippen LogP contribution in [0.1, 0.15) is 41.4 Å². The van der Waals surface area contributed by atoms with E-state index in [1.54, 1.807) is 0 Å². The molecule has 3 rings (SSSR count). The van der Waals surface area contributed by atoms with Gasteiger partial charge in [-0.25, -0.2) is 13.8 Å². The zero-order valence-electron chi connectivity index (χ0n) is 16.4. The summed E-state index contributed by atoms with van der Waals surface area (Å²) in [6, 6.07) is 13.1. The summed E-state index contributed by atoms with van der Waals surface area (Å²) in [4.78, 5) is 18.5. The van der Waals surface area contributed by atoms with Gasteiger partial charge in [0.15, 0.2) is 5.69 Å². The van der Waals surface area contributed by atoms with Crippen LogP contribution in [0.2, 0.25) is 0 Å². The molecule has 0 saturated heterocycles. The topological polar surface area (TPSA) is 58.4 Å². The molecule has 0 aliphatic heterocycles. The maximum Gasteiger partial charge on any atom is 0.273 e. The van der Waals surface area contributed by atoms with Crippen molar-refractivity contribution in [3.05, 3.63) is 89.1 Å². The molecule has 7 heteroatoms. The first-order chi connectivity index (χ1) is 13.9. The van der Waals surface area contributed by atoms with Gasteiger partial charge >= 0.3 is 0 Å². The number of rotatable bonds is 8. The van der Waals surface area contributed by atoms with Crippen LogP contribution >= 0.6 is 0 Å². The molecule has 152 valence electrons. The van der Waals surface area contributed by atoms with Crippen molar-refractivity contribution in [1.29, 1.82) is 0 Å². The molecule has 0 unspecified atom stereocenters. The van der Waals surface area contributed by atoms with E-state index in [9.17, 15) is 13.6 Å². The second-order valence-electron chi connectivity index (χ2n) is 7.03. The predicted octanol–water partition coefficient (Wildman–Crippen LogP) is 4.29. The van der Waals surface area contributed by atoms with Gasteiger partial charge in [0, 0.05) is 30.8 Å². The number of oxazole rings is 1. The van der Waals surface area contributed by atoms with Gasteiger partial charge < -0.3 is 9.73 Å². The van der Waals surface area contributed by atoms with Crippen LogP contribution in [-0.4, -0.2) is 21.8 Å². The highest BCUT2D eigenvalue weighted by molar-refractivity contribution is 5.91. The SMILES string of the molecule is CC(C)N(Cc1nc(C(=O)NCc2ccccc2)co1)Cc1ccc(F)cc1F. The lowest BCUT2D eigenvalue weighted by Crippen LogP contribution is -2.30. The second-order valence-corrected chi connectivity index (χ2v) is 7.03. The van der Waals surface area contributed by atoms with Crippen LogP contribution in [-0.2, 0) is 19.6 Å².